The van der Waals surface area contributed by atoms with Crippen molar-refractivity contribution in [2.75, 3.05) is 13.2 Å². The minimum absolute atomic E-state index is 0.330. The van der Waals surface area contributed by atoms with Crippen LogP contribution in [0.25, 0.3) is 0 Å². The quantitative estimate of drug-likeness (QED) is 0.642. The molecule has 0 aliphatic carbocycles. The van der Waals surface area contributed by atoms with E-state index in [-0.39, 0.29) is 6.10 Å². The summed E-state index contributed by atoms with van der Waals surface area (Å²) in [5.41, 5.74) is 0. The van der Waals surface area contributed by atoms with E-state index >= 15 is 0 Å². The van der Waals surface area contributed by atoms with Gasteiger partial charge in [-0.3, -0.25) is 0 Å². The molecule has 0 saturated heterocycles. The molecule has 2 atom stereocenters. The lowest BCUT2D eigenvalue weighted by molar-refractivity contribution is 0.0306. The maximum Gasteiger partial charge on any atom is 0.0745 e. The number of hydrogen-bond acceptors (Lipinski definition) is 2. The van der Waals surface area contributed by atoms with Gasteiger partial charge in [0.15, 0.2) is 0 Å². The Bertz CT molecular complexity index is 81.6. The van der Waals surface area contributed by atoms with Crippen molar-refractivity contribution >= 4 is 0 Å². The highest BCUT2D eigenvalue weighted by atomic mass is 16.5. The molecule has 0 aliphatic heterocycles. The molecule has 0 spiro atoms. The Morgan fingerprint density at radius 3 is 2.36 bits per heavy atom. The lowest BCUT2D eigenvalue weighted by Crippen LogP contribution is -2.14. The van der Waals surface area contributed by atoms with Crippen molar-refractivity contribution in [1.82, 2.24) is 0 Å². The molecule has 2 heteroatoms. The molecule has 0 radical (unpaired) electrons. The zero-order chi connectivity index (χ0) is 8.69. The van der Waals surface area contributed by atoms with Gasteiger partial charge in [0.1, 0.15) is 0 Å². The summed E-state index contributed by atoms with van der Waals surface area (Å²) in [6, 6.07) is 0. The zero-order valence-electron chi connectivity index (χ0n) is 7.84. The van der Waals surface area contributed by atoms with E-state index in [2.05, 4.69) is 13.8 Å². The average Bonchev–Trinajstić information content (AvgIpc) is 1.87. The number of ether oxygens (including phenoxy) is 1. The topological polar surface area (TPSA) is 29.5 Å². The summed E-state index contributed by atoms with van der Waals surface area (Å²) in [6.07, 6.45) is 2.09. The molecular formula is C9H20O2. The van der Waals surface area contributed by atoms with E-state index in [1.54, 1.807) is 6.92 Å². The zero-order valence-corrected chi connectivity index (χ0v) is 7.84. The maximum atomic E-state index is 8.87. The third-order valence-corrected chi connectivity index (χ3v) is 1.54. The Morgan fingerprint density at radius 2 is 1.91 bits per heavy atom. The predicted octanol–water partition coefficient (Wildman–Crippen LogP) is 1.82. The number of aliphatic hydroxyl groups is 1. The molecule has 0 aliphatic rings. The molecule has 11 heavy (non-hydrogen) atoms. The van der Waals surface area contributed by atoms with E-state index in [0.717, 1.165) is 6.61 Å². The Kier molecular flexibility index (Phi) is 6.57. The molecule has 0 saturated carbocycles. The fraction of sp³-hybridized carbons (Fsp3) is 1.00. The molecule has 2 nitrogen and oxygen atoms in total. The number of hydrogen-bond donors (Lipinski definition) is 1. The summed E-state index contributed by atoms with van der Waals surface area (Å²) in [5.74, 6) is 0.624. The van der Waals surface area contributed by atoms with E-state index in [4.69, 9.17) is 9.84 Å². The summed E-state index contributed by atoms with van der Waals surface area (Å²) >= 11 is 0. The third kappa shape index (κ3) is 7.82. The van der Waals surface area contributed by atoms with E-state index in [9.17, 15) is 0 Å². The molecular weight excluding hydrogens is 140 g/mol. The standard InChI is InChI=1S/C9H20O2/c1-4-5-8(2)6-11-7-9(3)10/h8-10H,4-7H2,1-3H3/t8?,9-/m1/s1. The molecule has 0 fully saturated rings. The normalized spacial score (nSPS) is 16.4. The molecule has 1 unspecified atom stereocenters. The van der Waals surface area contributed by atoms with Crippen LogP contribution in [0.2, 0.25) is 0 Å². The van der Waals surface area contributed by atoms with Crippen LogP contribution in [0.15, 0.2) is 0 Å². The van der Waals surface area contributed by atoms with Crippen molar-refractivity contribution in [3.63, 3.8) is 0 Å². The molecule has 0 rings (SSSR count). The Balaban J connectivity index is 3.10. The monoisotopic (exact) mass is 160 g/mol. The highest BCUT2D eigenvalue weighted by Crippen LogP contribution is 2.04. The summed E-state index contributed by atoms with van der Waals surface area (Å²) in [6.45, 7) is 7.33. The first kappa shape index (κ1) is 10.9. The first-order valence-corrected chi connectivity index (χ1v) is 4.42. The van der Waals surface area contributed by atoms with Crippen LogP contribution in [0, 0.1) is 5.92 Å². The summed E-state index contributed by atoms with van der Waals surface area (Å²) < 4.78 is 5.26. The van der Waals surface area contributed by atoms with Crippen LogP contribution in [0.5, 0.6) is 0 Å². The smallest absolute Gasteiger partial charge is 0.0745 e. The van der Waals surface area contributed by atoms with Gasteiger partial charge in [-0.25, -0.2) is 0 Å². The minimum Gasteiger partial charge on any atom is -0.391 e. The lowest BCUT2D eigenvalue weighted by atomic mass is 10.1. The van der Waals surface area contributed by atoms with Gasteiger partial charge in [-0.2, -0.15) is 0 Å². The number of aliphatic hydroxyl groups excluding tert-OH is 1. The Morgan fingerprint density at radius 1 is 1.27 bits per heavy atom. The second kappa shape index (κ2) is 6.62. The van der Waals surface area contributed by atoms with Crippen molar-refractivity contribution < 1.29 is 9.84 Å². The van der Waals surface area contributed by atoms with Crippen LogP contribution in [-0.2, 0) is 4.74 Å². The average molecular weight is 160 g/mol. The first-order valence-electron chi connectivity index (χ1n) is 4.42. The van der Waals surface area contributed by atoms with Gasteiger partial charge in [0.05, 0.1) is 12.7 Å². The van der Waals surface area contributed by atoms with Gasteiger partial charge >= 0.3 is 0 Å². The van der Waals surface area contributed by atoms with Gasteiger partial charge in [0.2, 0.25) is 0 Å². The summed E-state index contributed by atoms with van der Waals surface area (Å²) in [4.78, 5) is 0. The Labute approximate surface area is 69.6 Å². The molecule has 1 N–H and O–H groups in total. The Hall–Kier alpha value is -0.0800. The van der Waals surface area contributed by atoms with E-state index < -0.39 is 0 Å². The van der Waals surface area contributed by atoms with Crippen molar-refractivity contribution in [3.05, 3.63) is 0 Å². The molecule has 0 bridgehead atoms. The summed E-state index contributed by atoms with van der Waals surface area (Å²) in [7, 11) is 0. The van der Waals surface area contributed by atoms with Crippen molar-refractivity contribution in [2.24, 2.45) is 5.92 Å². The van der Waals surface area contributed by atoms with Crippen molar-refractivity contribution in [1.29, 1.82) is 0 Å². The van der Waals surface area contributed by atoms with E-state index in [0.29, 0.717) is 12.5 Å². The number of rotatable bonds is 6. The predicted molar refractivity (Wildman–Crippen MR) is 46.6 cm³/mol. The van der Waals surface area contributed by atoms with Crippen molar-refractivity contribution in [2.45, 2.75) is 39.7 Å². The molecule has 0 heterocycles. The molecule has 68 valence electrons. The second-order valence-electron chi connectivity index (χ2n) is 3.28. The van der Waals surface area contributed by atoms with E-state index in [1.807, 2.05) is 0 Å². The van der Waals surface area contributed by atoms with Gasteiger partial charge in [-0.15, -0.1) is 0 Å². The van der Waals surface area contributed by atoms with Gasteiger partial charge < -0.3 is 9.84 Å². The molecule has 0 amide bonds. The third-order valence-electron chi connectivity index (χ3n) is 1.54. The van der Waals surface area contributed by atoms with Crippen LogP contribution >= 0.6 is 0 Å². The van der Waals surface area contributed by atoms with Crippen LogP contribution in [0.3, 0.4) is 0 Å². The van der Waals surface area contributed by atoms with Crippen LogP contribution in [0.4, 0.5) is 0 Å². The highest BCUT2D eigenvalue weighted by Gasteiger charge is 2.01. The lowest BCUT2D eigenvalue weighted by Gasteiger charge is -2.11. The van der Waals surface area contributed by atoms with Crippen LogP contribution < -0.4 is 0 Å². The minimum atomic E-state index is -0.330. The molecule has 0 aromatic rings. The maximum absolute atomic E-state index is 8.87. The second-order valence-corrected chi connectivity index (χ2v) is 3.28. The van der Waals surface area contributed by atoms with E-state index in [1.165, 1.54) is 12.8 Å². The van der Waals surface area contributed by atoms with Crippen LogP contribution in [0.1, 0.15) is 33.6 Å². The van der Waals surface area contributed by atoms with Gasteiger partial charge in [0.25, 0.3) is 0 Å². The molecule has 0 aromatic heterocycles. The first-order chi connectivity index (χ1) is 5.16. The van der Waals surface area contributed by atoms with Crippen LogP contribution in [-0.4, -0.2) is 24.4 Å². The van der Waals surface area contributed by atoms with Crippen molar-refractivity contribution in [3.8, 4) is 0 Å². The SMILES string of the molecule is CCCC(C)COC[C@@H](C)O. The summed E-state index contributed by atoms with van der Waals surface area (Å²) in [5, 5.41) is 8.87. The largest absolute Gasteiger partial charge is 0.391 e. The van der Waals surface area contributed by atoms with Gasteiger partial charge in [-0.05, 0) is 19.3 Å². The fourth-order valence-corrected chi connectivity index (χ4v) is 1.02. The van der Waals surface area contributed by atoms with Gasteiger partial charge in [-0.1, -0.05) is 20.3 Å². The fourth-order valence-electron chi connectivity index (χ4n) is 1.02. The highest BCUT2D eigenvalue weighted by molar-refractivity contribution is 4.50. The molecule has 0 aromatic carbocycles. The van der Waals surface area contributed by atoms with Gasteiger partial charge in [0, 0.05) is 6.61 Å².